The van der Waals surface area contributed by atoms with Crippen molar-refractivity contribution in [3.8, 4) is 5.75 Å². The van der Waals surface area contributed by atoms with Gasteiger partial charge in [-0.2, -0.15) is 0 Å². The van der Waals surface area contributed by atoms with Crippen molar-refractivity contribution in [1.29, 1.82) is 0 Å². The van der Waals surface area contributed by atoms with Gasteiger partial charge in [0.15, 0.2) is 6.61 Å². The number of piperazine rings is 1. The first-order valence-corrected chi connectivity index (χ1v) is 6.85. The number of rotatable bonds is 3. The molecule has 1 aliphatic heterocycles. The van der Waals surface area contributed by atoms with E-state index in [9.17, 15) is 4.79 Å². The van der Waals surface area contributed by atoms with E-state index in [1.807, 2.05) is 36.9 Å². The van der Waals surface area contributed by atoms with Crippen LogP contribution in [0.25, 0.3) is 0 Å². The van der Waals surface area contributed by atoms with Crippen molar-refractivity contribution in [3.05, 3.63) is 28.8 Å². The van der Waals surface area contributed by atoms with Gasteiger partial charge >= 0.3 is 0 Å². The van der Waals surface area contributed by atoms with Gasteiger partial charge in [-0.1, -0.05) is 17.7 Å². The molecule has 1 saturated heterocycles. The quantitative estimate of drug-likeness (QED) is 0.929. The number of halogens is 2. The number of nitrogens with one attached hydrogen (secondary N) is 1. The van der Waals surface area contributed by atoms with Crippen LogP contribution in [0.4, 0.5) is 0 Å². The molecule has 1 aromatic carbocycles. The lowest BCUT2D eigenvalue weighted by Crippen LogP contribution is -2.53. The molecular formula is C14H20Cl2N2O2. The van der Waals surface area contributed by atoms with Crippen LogP contribution in [-0.4, -0.2) is 43.1 Å². The SMILES string of the molecule is Cc1c(Cl)cccc1OCC(=O)N1CCNC[C@H]1C.Cl. The second-order valence-electron chi connectivity index (χ2n) is 4.79. The minimum atomic E-state index is 0. The third kappa shape index (κ3) is 4.01. The minimum absolute atomic E-state index is 0. The zero-order valence-electron chi connectivity index (χ0n) is 11.7. The molecule has 20 heavy (non-hydrogen) atoms. The van der Waals surface area contributed by atoms with Gasteiger partial charge in [-0.15, -0.1) is 12.4 Å². The lowest BCUT2D eigenvalue weighted by Gasteiger charge is -2.33. The van der Waals surface area contributed by atoms with Crippen molar-refractivity contribution < 1.29 is 9.53 Å². The summed E-state index contributed by atoms with van der Waals surface area (Å²) in [7, 11) is 0. The highest BCUT2D eigenvalue weighted by Crippen LogP contribution is 2.25. The van der Waals surface area contributed by atoms with Crippen LogP contribution in [0.5, 0.6) is 5.75 Å². The summed E-state index contributed by atoms with van der Waals surface area (Å²) in [6.07, 6.45) is 0. The first-order chi connectivity index (χ1) is 9.09. The Balaban J connectivity index is 0.00000200. The van der Waals surface area contributed by atoms with Crippen LogP contribution >= 0.6 is 24.0 Å². The zero-order chi connectivity index (χ0) is 13.8. The first kappa shape index (κ1) is 17.1. The highest BCUT2D eigenvalue weighted by Gasteiger charge is 2.23. The zero-order valence-corrected chi connectivity index (χ0v) is 13.3. The van der Waals surface area contributed by atoms with Gasteiger partial charge in [-0.05, 0) is 26.0 Å². The molecule has 0 saturated carbocycles. The van der Waals surface area contributed by atoms with Crippen LogP contribution in [0, 0.1) is 6.92 Å². The summed E-state index contributed by atoms with van der Waals surface area (Å²) in [4.78, 5) is 14.0. The Kier molecular flexibility index (Phi) is 6.59. The molecule has 6 heteroatoms. The van der Waals surface area contributed by atoms with E-state index in [0.29, 0.717) is 10.8 Å². The largest absolute Gasteiger partial charge is 0.483 e. The van der Waals surface area contributed by atoms with E-state index >= 15 is 0 Å². The average molecular weight is 319 g/mol. The number of carbonyl (C=O) groups excluding carboxylic acids is 1. The van der Waals surface area contributed by atoms with Crippen LogP contribution < -0.4 is 10.1 Å². The Hall–Kier alpha value is -0.970. The van der Waals surface area contributed by atoms with Crippen molar-refractivity contribution in [2.45, 2.75) is 19.9 Å². The van der Waals surface area contributed by atoms with E-state index in [2.05, 4.69) is 5.32 Å². The highest BCUT2D eigenvalue weighted by molar-refractivity contribution is 6.31. The fourth-order valence-electron chi connectivity index (χ4n) is 2.18. The van der Waals surface area contributed by atoms with Gasteiger partial charge < -0.3 is 15.0 Å². The monoisotopic (exact) mass is 318 g/mol. The van der Waals surface area contributed by atoms with Gasteiger partial charge in [0.05, 0.1) is 0 Å². The fourth-order valence-corrected chi connectivity index (χ4v) is 2.34. The molecule has 0 aromatic heterocycles. The van der Waals surface area contributed by atoms with Crippen LogP contribution in [0.1, 0.15) is 12.5 Å². The molecular weight excluding hydrogens is 299 g/mol. The standard InChI is InChI=1S/C14H19ClN2O2.ClH/c1-10-8-16-6-7-17(10)14(18)9-19-13-5-3-4-12(15)11(13)2;/h3-5,10,16H,6-9H2,1-2H3;1H/t10-;/m1./s1. The van der Waals surface area contributed by atoms with E-state index < -0.39 is 0 Å². The lowest BCUT2D eigenvalue weighted by atomic mass is 10.2. The van der Waals surface area contributed by atoms with Crippen LogP contribution in [0.2, 0.25) is 5.02 Å². The number of hydrogen-bond acceptors (Lipinski definition) is 3. The van der Waals surface area contributed by atoms with Crippen LogP contribution in [0.3, 0.4) is 0 Å². The number of amides is 1. The molecule has 0 unspecified atom stereocenters. The molecule has 1 amide bonds. The number of nitrogens with zero attached hydrogens (tertiary/aromatic N) is 1. The Morgan fingerprint density at radius 2 is 2.30 bits per heavy atom. The Labute approximate surface area is 130 Å². The summed E-state index contributed by atoms with van der Waals surface area (Å²) < 4.78 is 5.58. The molecule has 1 aliphatic rings. The fraction of sp³-hybridized carbons (Fsp3) is 0.500. The van der Waals surface area contributed by atoms with Gasteiger partial charge in [0.1, 0.15) is 5.75 Å². The van der Waals surface area contributed by atoms with Gasteiger partial charge in [0, 0.05) is 36.3 Å². The molecule has 1 atom stereocenters. The van der Waals surface area contributed by atoms with Gasteiger partial charge in [-0.3, -0.25) is 4.79 Å². The summed E-state index contributed by atoms with van der Waals surface area (Å²) in [6.45, 7) is 6.39. The molecule has 0 spiro atoms. The van der Waals surface area contributed by atoms with E-state index in [-0.39, 0.29) is 31.0 Å². The summed E-state index contributed by atoms with van der Waals surface area (Å²) in [5.41, 5.74) is 0.866. The number of hydrogen-bond donors (Lipinski definition) is 1. The summed E-state index contributed by atoms with van der Waals surface area (Å²) in [5, 5.41) is 3.91. The molecule has 1 N–H and O–H groups in total. The Bertz CT molecular complexity index is 468. The maximum absolute atomic E-state index is 12.1. The Morgan fingerprint density at radius 3 is 3.00 bits per heavy atom. The van der Waals surface area contributed by atoms with Crippen molar-refractivity contribution >= 4 is 29.9 Å². The second kappa shape index (κ2) is 7.72. The molecule has 1 aromatic rings. The first-order valence-electron chi connectivity index (χ1n) is 6.47. The molecule has 0 radical (unpaired) electrons. The predicted octanol–water partition coefficient (Wildman–Crippen LogP) is 2.27. The van der Waals surface area contributed by atoms with Crippen LogP contribution in [0.15, 0.2) is 18.2 Å². The molecule has 4 nitrogen and oxygen atoms in total. The second-order valence-corrected chi connectivity index (χ2v) is 5.20. The molecule has 0 aliphatic carbocycles. The van der Waals surface area contributed by atoms with Crippen molar-refractivity contribution in [2.75, 3.05) is 26.2 Å². The van der Waals surface area contributed by atoms with Crippen molar-refractivity contribution in [2.24, 2.45) is 0 Å². The molecule has 1 heterocycles. The summed E-state index contributed by atoms with van der Waals surface area (Å²) >= 11 is 6.02. The molecule has 0 bridgehead atoms. The maximum atomic E-state index is 12.1. The number of benzene rings is 1. The molecule has 2 rings (SSSR count). The summed E-state index contributed by atoms with van der Waals surface area (Å²) in [6, 6.07) is 5.67. The van der Waals surface area contributed by atoms with E-state index in [1.54, 1.807) is 0 Å². The van der Waals surface area contributed by atoms with Gasteiger partial charge in [0.25, 0.3) is 5.91 Å². The van der Waals surface area contributed by atoms with E-state index in [4.69, 9.17) is 16.3 Å². The predicted molar refractivity (Wildman–Crippen MR) is 83.0 cm³/mol. The number of ether oxygens (including phenoxy) is 1. The van der Waals surface area contributed by atoms with E-state index in [0.717, 1.165) is 25.2 Å². The molecule has 1 fully saturated rings. The van der Waals surface area contributed by atoms with Crippen molar-refractivity contribution in [3.63, 3.8) is 0 Å². The van der Waals surface area contributed by atoms with Gasteiger partial charge in [0.2, 0.25) is 0 Å². The van der Waals surface area contributed by atoms with Crippen LogP contribution in [-0.2, 0) is 4.79 Å². The molecule has 112 valence electrons. The smallest absolute Gasteiger partial charge is 0.260 e. The maximum Gasteiger partial charge on any atom is 0.260 e. The third-order valence-electron chi connectivity index (χ3n) is 3.39. The van der Waals surface area contributed by atoms with E-state index in [1.165, 1.54) is 0 Å². The third-order valence-corrected chi connectivity index (χ3v) is 3.80. The minimum Gasteiger partial charge on any atom is -0.483 e. The summed E-state index contributed by atoms with van der Waals surface area (Å²) in [5.74, 6) is 0.692. The highest BCUT2D eigenvalue weighted by atomic mass is 35.5. The normalized spacial score (nSPS) is 18.4. The number of carbonyl (C=O) groups is 1. The average Bonchev–Trinajstić information content (AvgIpc) is 2.40. The van der Waals surface area contributed by atoms with Gasteiger partial charge in [-0.25, -0.2) is 0 Å². The Morgan fingerprint density at radius 1 is 1.55 bits per heavy atom. The topological polar surface area (TPSA) is 41.6 Å². The lowest BCUT2D eigenvalue weighted by molar-refractivity contribution is -0.136. The van der Waals surface area contributed by atoms with Crippen molar-refractivity contribution in [1.82, 2.24) is 10.2 Å².